The second kappa shape index (κ2) is 5.28. The number of nitrogens with zero attached hydrogens (tertiary/aromatic N) is 1. The normalized spacial score (nSPS) is 10.6. The molecule has 5 heteroatoms. The van der Waals surface area contributed by atoms with Crippen LogP contribution >= 0.6 is 0 Å². The summed E-state index contributed by atoms with van der Waals surface area (Å²) >= 11 is 0. The highest BCUT2D eigenvalue weighted by atomic mass is 16.5. The number of aromatic nitrogens is 1. The first-order valence-electron chi connectivity index (χ1n) is 6.48. The van der Waals surface area contributed by atoms with E-state index in [0.29, 0.717) is 28.5 Å². The van der Waals surface area contributed by atoms with Crippen molar-refractivity contribution >= 4 is 22.7 Å². The van der Waals surface area contributed by atoms with Gasteiger partial charge in [0.2, 0.25) is 0 Å². The van der Waals surface area contributed by atoms with Gasteiger partial charge in [0, 0.05) is 24.2 Å². The maximum Gasteiger partial charge on any atom is 0.255 e. The predicted octanol–water partition coefficient (Wildman–Crippen LogP) is 3.40. The molecule has 0 aliphatic carbocycles. The Labute approximate surface area is 121 Å². The van der Waals surface area contributed by atoms with Crippen LogP contribution in [0.25, 0.3) is 11.1 Å². The van der Waals surface area contributed by atoms with Gasteiger partial charge in [-0.15, -0.1) is 0 Å². The minimum Gasteiger partial charge on any atom is -0.497 e. The number of ether oxygens (including phenoxy) is 1. The molecule has 1 heterocycles. The number of fused-ring (bicyclic) bond motifs is 1. The van der Waals surface area contributed by atoms with Crippen molar-refractivity contribution in [1.29, 1.82) is 0 Å². The molecule has 2 aromatic carbocycles. The van der Waals surface area contributed by atoms with E-state index in [1.807, 2.05) is 12.1 Å². The number of benzene rings is 2. The van der Waals surface area contributed by atoms with E-state index in [0.717, 1.165) is 5.52 Å². The topological polar surface area (TPSA) is 64.4 Å². The van der Waals surface area contributed by atoms with E-state index in [2.05, 4.69) is 10.3 Å². The zero-order valence-corrected chi connectivity index (χ0v) is 11.7. The van der Waals surface area contributed by atoms with Crippen molar-refractivity contribution in [1.82, 2.24) is 4.98 Å². The van der Waals surface area contributed by atoms with Crippen LogP contribution in [0.3, 0.4) is 0 Å². The van der Waals surface area contributed by atoms with Crippen molar-refractivity contribution in [2.75, 3.05) is 12.4 Å². The van der Waals surface area contributed by atoms with Gasteiger partial charge in [0.05, 0.1) is 7.11 Å². The summed E-state index contributed by atoms with van der Waals surface area (Å²) in [6, 6.07) is 12.4. The van der Waals surface area contributed by atoms with Crippen LogP contribution in [-0.4, -0.2) is 18.0 Å². The van der Waals surface area contributed by atoms with Gasteiger partial charge in [0.1, 0.15) is 11.3 Å². The van der Waals surface area contributed by atoms with E-state index >= 15 is 0 Å². The molecule has 0 saturated carbocycles. The van der Waals surface area contributed by atoms with Crippen LogP contribution in [0, 0.1) is 6.92 Å². The third-order valence-electron chi connectivity index (χ3n) is 3.09. The van der Waals surface area contributed by atoms with Crippen LogP contribution in [-0.2, 0) is 0 Å². The zero-order chi connectivity index (χ0) is 14.8. The Morgan fingerprint density at radius 1 is 1.24 bits per heavy atom. The molecule has 0 unspecified atom stereocenters. The van der Waals surface area contributed by atoms with E-state index in [4.69, 9.17) is 9.15 Å². The van der Waals surface area contributed by atoms with Crippen LogP contribution in [0.5, 0.6) is 5.75 Å². The van der Waals surface area contributed by atoms with E-state index in [1.54, 1.807) is 44.4 Å². The smallest absolute Gasteiger partial charge is 0.255 e. The summed E-state index contributed by atoms with van der Waals surface area (Å²) < 4.78 is 10.6. The molecule has 0 aliphatic rings. The molecule has 1 aromatic heterocycles. The van der Waals surface area contributed by atoms with Crippen molar-refractivity contribution in [3.05, 3.63) is 53.9 Å². The molecule has 3 rings (SSSR count). The minimum absolute atomic E-state index is 0.209. The summed E-state index contributed by atoms with van der Waals surface area (Å²) in [5.41, 5.74) is 2.53. The van der Waals surface area contributed by atoms with Crippen LogP contribution in [0.15, 0.2) is 46.9 Å². The Balaban J connectivity index is 1.85. The van der Waals surface area contributed by atoms with E-state index < -0.39 is 0 Å². The number of nitrogens with one attached hydrogen (secondary N) is 1. The Hall–Kier alpha value is -2.82. The predicted molar refractivity (Wildman–Crippen MR) is 79.7 cm³/mol. The highest BCUT2D eigenvalue weighted by molar-refractivity contribution is 6.05. The fourth-order valence-corrected chi connectivity index (χ4v) is 2.09. The molecule has 106 valence electrons. The third kappa shape index (κ3) is 2.72. The monoisotopic (exact) mass is 282 g/mol. The van der Waals surface area contributed by atoms with E-state index in [9.17, 15) is 4.79 Å². The van der Waals surface area contributed by atoms with Gasteiger partial charge in [-0.2, -0.15) is 0 Å². The highest BCUT2D eigenvalue weighted by Crippen LogP contribution is 2.20. The molecule has 0 atom stereocenters. The largest absolute Gasteiger partial charge is 0.497 e. The number of rotatable bonds is 3. The fraction of sp³-hybridized carbons (Fsp3) is 0.125. The van der Waals surface area contributed by atoms with Gasteiger partial charge >= 0.3 is 0 Å². The van der Waals surface area contributed by atoms with Crippen LogP contribution < -0.4 is 10.1 Å². The van der Waals surface area contributed by atoms with Gasteiger partial charge < -0.3 is 14.5 Å². The zero-order valence-electron chi connectivity index (χ0n) is 11.7. The number of anilines is 1. The Morgan fingerprint density at radius 2 is 2.10 bits per heavy atom. The van der Waals surface area contributed by atoms with Crippen LogP contribution in [0.1, 0.15) is 16.2 Å². The van der Waals surface area contributed by atoms with Crippen LogP contribution in [0.2, 0.25) is 0 Å². The number of hydrogen-bond donors (Lipinski definition) is 1. The van der Waals surface area contributed by atoms with Crippen LogP contribution in [0.4, 0.5) is 5.69 Å². The molecule has 1 amide bonds. The molecule has 0 aliphatic heterocycles. The molecule has 0 radical (unpaired) electrons. The number of hydrogen-bond acceptors (Lipinski definition) is 4. The molecular weight excluding hydrogens is 268 g/mol. The molecule has 3 aromatic rings. The second-order valence-electron chi connectivity index (χ2n) is 4.60. The first kappa shape index (κ1) is 13.2. The Bertz CT molecular complexity index is 808. The number of methoxy groups -OCH3 is 1. The second-order valence-corrected chi connectivity index (χ2v) is 4.60. The highest BCUT2D eigenvalue weighted by Gasteiger charge is 2.10. The lowest BCUT2D eigenvalue weighted by Gasteiger charge is -2.06. The summed E-state index contributed by atoms with van der Waals surface area (Å²) in [5.74, 6) is 1.06. The summed E-state index contributed by atoms with van der Waals surface area (Å²) in [5, 5.41) is 2.82. The lowest BCUT2D eigenvalue weighted by atomic mass is 10.2. The number of oxazole rings is 1. The quantitative estimate of drug-likeness (QED) is 0.799. The molecule has 0 fully saturated rings. The molecule has 1 N–H and O–H groups in total. The van der Waals surface area contributed by atoms with Crippen molar-refractivity contribution in [2.24, 2.45) is 0 Å². The molecule has 21 heavy (non-hydrogen) atoms. The van der Waals surface area contributed by atoms with E-state index in [-0.39, 0.29) is 5.91 Å². The Morgan fingerprint density at radius 3 is 2.90 bits per heavy atom. The van der Waals surface area contributed by atoms with Gasteiger partial charge in [-0.05, 0) is 30.3 Å². The molecule has 5 nitrogen and oxygen atoms in total. The van der Waals surface area contributed by atoms with Crippen molar-refractivity contribution in [2.45, 2.75) is 6.92 Å². The number of carbonyl (C=O) groups is 1. The lowest BCUT2D eigenvalue weighted by Crippen LogP contribution is -2.11. The maximum absolute atomic E-state index is 12.3. The average molecular weight is 282 g/mol. The van der Waals surface area contributed by atoms with Crippen molar-refractivity contribution in [3.63, 3.8) is 0 Å². The standard InChI is InChI=1S/C16H14N2O3/c1-10-17-14-7-6-11(8-15(14)21-10)16(19)18-12-4-3-5-13(9-12)20-2/h3-9H,1-2H3,(H,18,19). The van der Waals surface area contributed by atoms with Crippen molar-refractivity contribution < 1.29 is 13.9 Å². The minimum atomic E-state index is -0.209. The lowest BCUT2D eigenvalue weighted by molar-refractivity contribution is 0.102. The average Bonchev–Trinajstić information content (AvgIpc) is 2.86. The Kier molecular flexibility index (Phi) is 3.31. The van der Waals surface area contributed by atoms with Gasteiger partial charge in [0.15, 0.2) is 11.5 Å². The van der Waals surface area contributed by atoms with Gasteiger partial charge in [-0.3, -0.25) is 4.79 Å². The summed E-state index contributed by atoms with van der Waals surface area (Å²) in [4.78, 5) is 16.5. The fourth-order valence-electron chi connectivity index (χ4n) is 2.09. The number of aryl methyl sites for hydroxylation is 1. The number of carbonyl (C=O) groups excluding carboxylic acids is 1. The van der Waals surface area contributed by atoms with E-state index in [1.165, 1.54) is 0 Å². The molecule has 0 bridgehead atoms. The third-order valence-corrected chi connectivity index (χ3v) is 3.09. The maximum atomic E-state index is 12.3. The first-order chi connectivity index (χ1) is 10.2. The molecule has 0 spiro atoms. The first-order valence-corrected chi connectivity index (χ1v) is 6.48. The summed E-state index contributed by atoms with van der Waals surface area (Å²) in [6.07, 6.45) is 0. The molecule has 0 saturated heterocycles. The van der Waals surface area contributed by atoms with Crippen molar-refractivity contribution in [3.8, 4) is 5.75 Å². The SMILES string of the molecule is COc1cccc(NC(=O)c2ccc3nc(C)oc3c2)c1. The summed E-state index contributed by atoms with van der Waals surface area (Å²) in [7, 11) is 1.58. The van der Waals surface area contributed by atoms with Gasteiger partial charge in [0.25, 0.3) is 5.91 Å². The number of amides is 1. The summed E-state index contributed by atoms with van der Waals surface area (Å²) in [6.45, 7) is 1.77. The molecular formula is C16H14N2O3. The van der Waals surface area contributed by atoms with Gasteiger partial charge in [-0.25, -0.2) is 4.98 Å². The van der Waals surface area contributed by atoms with Gasteiger partial charge in [-0.1, -0.05) is 6.07 Å².